The number of benzene rings is 2. The van der Waals surface area contributed by atoms with Gasteiger partial charge in [0.15, 0.2) is 0 Å². The number of ether oxygens (including phenoxy) is 1. The summed E-state index contributed by atoms with van der Waals surface area (Å²) in [7, 11) is -3.87. The van der Waals surface area contributed by atoms with Crippen LogP contribution in [0.2, 0.25) is 0 Å². The minimum absolute atomic E-state index is 0.00668. The van der Waals surface area contributed by atoms with E-state index in [4.69, 9.17) is 4.74 Å². The van der Waals surface area contributed by atoms with Gasteiger partial charge in [0, 0.05) is 30.2 Å². The lowest BCUT2D eigenvalue weighted by molar-refractivity contribution is 0.461. The summed E-state index contributed by atoms with van der Waals surface area (Å²) < 4.78 is 61.0. The summed E-state index contributed by atoms with van der Waals surface area (Å²) in [5.41, 5.74) is 0.284. The molecule has 0 radical (unpaired) electrons. The fraction of sp³-hybridized carbons (Fsp3) is 0.0476. The molecule has 10 heteroatoms. The molecule has 0 saturated heterocycles. The van der Waals surface area contributed by atoms with Crippen molar-refractivity contribution in [2.75, 3.05) is 4.72 Å². The van der Waals surface area contributed by atoms with E-state index >= 15 is 0 Å². The number of hydrogen-bond donors (Lipinski definition) is 1. The first kappa shape index (κ1) is 20.5. The number of aromatic nitrogens is 3. The molecule has 0 aliphatic heterocycles. The molecule has 158 valence electrons. The van der Waals surface area contributed by atoms with E-state index in [1.54, 1.807) is 22.8 Å². The van der Waals surface area contributed by atoms with Gasteiger partial charge in [-0.05, 0) is 54.1 Å². The van der Waals surface area contributed by atoms with E-state index in [2.05, 4.69) is 14.7 Å². The van der Waals surface area contributed by atoms with Crippen LogP contribution in [0.4, 0.5) is 14.5 Å². The highest BCUT2D eigenvalue weighted by Crippen LogP contribution is 2.23. The molecule has 0 amide bonds. The van der Waals surface area contributed by atoms with Crippen LogP contribution in [0.1, 0.15) is 5.56 Å². The summed E-state index contributed by atoms with van der Waals surface area (Å²) in [6.45, 7) is 0. The van der Waals surface area contributed by atoms with Crippen molar-refractivity contribution in [1.29, 1.82) is 0 Å². The highest BCUT2D eigenvalue weighted by atomic mass is 32.2. The molecular weight excluding hydrogens is 426 g/mol. The summed E-state index contributed by atoms with van der Waals surface area (Å²) >= 11 is 0. The predicted octanol–water partition coefficient (Wildman–Crippen LogP) is 4.28. The SMILES string of the molecule is O=S(=O)(Cc1cc(F)cc(F)c1)Nc1ccc(Oc2cc(-n3cccc3)ncn2)cc1. The van der Waals surface area contributed by atoms with E-state index in [9.17, 15) is 17.2 Å². The molecule has 4 rings (SSSR count). The van der Waals surface area contributed by atoms with E-state index < -0.39 is 27.4 Å². The summed E-state index contributed by atoms with van der Waals surface area (Å²) in [6.07, 6.45) is 5.05. The van der Waals surface area contributed by atoms with Gasteiger partial charge in [-0.2, -0.15) is 0 Å². The van der Waals surface area contributed by atoms with E-state index in [1.165, 1.54) is 18.5 Å². The van der Waals surface area contributed by atoms with Crippen molar-refractivity contribution >= 4 is 15.7 Å². The van der Waals surface area contributed by atoms with Crippen LogP contribution in [0.25, 0.3) is 5.82 Å². The Morgan fingerprint density at radius 1 is 0.935 bits per heavy atom. The highest BCUT2D eigenvalue weighted by Gasteiger charge is 2.14. The molecule has 0 unspecified atom stereocenters. The molecule has 2 aromatic carbocycles. The first-order valence-electron chi connectivity index (χ1n) is 9.05. The normalized spacial score (nSPS) is 11.3. The zero-order chi connectivity index (χ0) is 21.8. The minimum atomic E-state index is -3.87. The van der Waals surface area contributed by atoms with Crippen LogP contribution in [0.3, 0.4) is 0 Å². The fourth-order valence-electron chi connectivity index (χ4n) is 2.86. The van der Waals surface area contributed by atoms with Gasteiger partial charge in [0.05, 0.1) is 5.75 Å². The van der Waals surface area contributed by atoms with Crippen molar-refractivity contribution in [3.63, 3.8) is 0 Å². The topological polar surface area (TPSA) is 86.1 Å². The zero-order valence-corrected chi connectivity index (χ0v) is 16.8. The smallest absolute Gasteiger partial charge is 0.236 e. The summed E-state index contributed by atoms with van der Waals surface area (Å²) in [4.78, 5) is 8.24. The molecule has 4 aromatic rings. The van der Waals surface area contributed by atoms with Crippen molar-refractivity contribution in [1.82, 2.24) is 14.5 Å². The standard InChI is InChI=1S/C21H16F2N4O3S/c22-16-9-15(10-17(23)11-16)13-31(28,29)26-18-3-5-19(6-4-18)30-21-12-20(24-14-25-21)27-7-1-2-8-27/h1-12,14,26H,13H2. The van der Waals surface area contributed by atoms with E-state index in [1.807, 2.05) is 24.5 Å². The van der Waals surface area contributed by atoms with Crippen molar-refractivity contribution < 1.29 is 21.9 Å². The third-order valence-electron chi connectivity index (χ3n) is 4.13. The number of rotatable bonds is 7. The molecule has 1 N–H and O–H groups in total. The van der Waals surface area contributed by atoms with Crippen molar-refractivity contribution in [3.8, 4) is 17.4 Å². The number of sulfonamides is 1. The Morgan fingerprint density at radius 3 is 2.29 bits per heavy atom. The quantitative estimate of drug-likeness (QED) is 0.462. The van der Waals surface area contributed by atoms with Crippen LogP contribution in [-0.2, 0) is 15.8 Å². The lowest BCUT2D eigenvalue weighted by Gasteiger charge is -2.10. The molecule has 31 heavy (non-hydrogen) atoms. The molecule has 0 saturated carbocycles. The molecule has 7 nitrogen and oxygen atoms in total. The third-order valence-corrected chi connectivity index (χ3v) is 5.39. The Balaban J connectivity index is 1.43. The van der Waals surface area contributed by atoms with Gasteiger partial charge in [0.2, 0.25) is 15.9 Å². The average molecular weight is 442 g/mol. The number of halogens is 2. The maximum Gasteiger partial charge on any atom is 0.236 e. The predicted molar refractivity (Wildman–Crippen MR) is 110 cm³/mol. The maximum atomic E-state index is 13.3. The monoisotopic (exact) mass is 442 g/mol. The Labute approximate surface area is 177 Å². The average Bonchev–Trinajstić information content (AvgIpc) is 3.23. The molecule has 0 fully saturated rings. The lowest BCUT2D eigenvalue weighted by atomic mass is 10.2. The molecule has 2 heterocycles. The van der Waals surface area contributed by atoms with Crippen molar-refractivity contribution in [2.45, 2.75) is 5.75 Å². The molecule has 0 atom stereocenters. The first-order chi connectivity index (χ1) is 14.9. The zero-order valence-electron chi connectivity index (χ0n) is 15.9. The Hall–Kier alpha value is -3.79. The molecule has 0 aliphatic carbocycles. The first-order valence-corrected chi connectivity index (χ1v) is 10.7. The molecular formula is C21H16F2N4O3S. The van der Waals surface area contributed by atoms with Gasteiger partial charge in [-0.1, -0.05) is 0 Å². The number of hydrogen-bond acceptors (Lipinski definition) is 5. The Bertz CT molecular complexity index is 1270. The van der Waals surface area contributed by atoms with E-state index in [0.29, 0.717) is 23.5 Å². The molecule has 0 bridgehead atoms. The fourth-order valence-corrected chi connectivity index (χ4v) is 4.03. The van der Waals surface area contributed by atoms with Crippen LogP contribution in [-0.4, -0.2) is 23.0 Å². The van der Waals surface area contributed by atoms with Crippen LogP contribution in [0.15, 0.2) is 79.4 Å². The summed E-state index contributed by atoms with van der Waals surface area (Å²) in [5.74, 6) is -0.850. The number of nitrogens with zero attached hydrogens (tertiary/aromatic N) is 3. The van der Waals surface area contributed by atoms with E-state index in [-0.39, 0.29) is 11.3 Å². The van der Waals surface area contributed by atoms with Crippen LogP contribution >= 0.6 is 0 Å². The van der Waals surface area contributed by atoms with Crippen molar-refractivity contribution in [3.05, 3.63) is 96.6 Å². The molecule has 2 aromatic heterocycles. The summed E-state index contributed by atoms with van der Waals surface area (Å²) in [6, 6.07) is 14.2. The van der Waals surface area contributed by atoms with Gasteiger partial charge in [-0.3, -0.25) is 4.72 Å². The van der Waals surface area contributed by atoms with Crippen LogP contribution in [0.5, 0.6) is 11.6 Å². The van der Waals surface area contributed by atoms with Crippen LogP contribution < -0.4 is 9.46 Å². The van der Waals surface area contributed by atoms with Gasteiger partial charge in [0.1, 0.15) is 29.5 Å². The lowest BCUT2D eigenvalue weighted by Crippen LogP contribution is -2.15. The van der Waals surface area contributed by atoms with E-state index in [0.717, 1.165) is 12.1 Å². The van der Waals surface area contributed by atoms with Crippen molar-refractivity contribution in [2.24, 2.45) is 0 Å². The van der Waals surface area contributed by atoms with Gasteiger partial charge >= 0.3 is 0 Å². The largest absolute Gasteiger partial charge is 0.439 e. The Kier molecular flexibility index (Phi) is 5.63. The van der Waals surface area contributed by atoms with Gasteiger partial charge in [-0.15, -0.1) is 0 Å². The van der Waals surface area contributed by atoms with Gasteiger partial charge in [0.25, 0.3) is 0 Å². The molecule has 0 spiro atoms. The van der Waals surface area contributed by atoms with Gasteiger partial charge < -0.3 is 9.30 Å². The second-order valence-corrected chi connectivity index (χ2v) is 8.29. The maximum absolute atomic E-state index is 13.3. The van der Waals surface area contributed by atoms with Crippen LogP contribution in [0, 0.1) is 11.6 Å². The second-order valence-electron chi connectivity index (χ2n) is 6.57. The minimum Gasteiger partial charge on any atom is -0.439 e. The highest BCUT2D eigenvalue weighted by molar-refractivity contribution is 7.91. The number of nitrogens with one attached hydrogen (secondary N) is 1. The second kappa shape index (κ2) is 8.52. The number of anilines is 1. The Morgan fingerprint density at radius 2 is 1.61 bits per heavy atom. The third kappa shape index (κ3) is 5.43. The summed E-state index contributed by atoms with van der Waals surface area (Å²) in [5, 5.41) is 0. The van der Waals surface area contributed by atoms with Gasteiger partial charge in [-0.25, -0.2) is 27.2 Å². The molecule has 0 aliphatic rings.